The molecule has 1 aromatic carbocycles. The molecule has 0 saturated heterocycles. The van der Waals surface area contributed by atoms with E-state index in [0.29, 0.717) is 22.0 Å². The van der Waals surface area contributed by atoms with Crippen molar-refractivity contribution in [3.05, 3.63) is 46.7 Å². The molecule has 2 N–H and O–H groups in total. The van der Waals surface area contributed by atoms with Crippen LogP contribution in [0.5, 0.6) is 0 Å². The van der Waals surface area contributed by atoms with E-state index in [-0.39, 0.29) is 24.4 Å². The Kier molecular flexibility index (Phi) is 5.95. The lowest BCUT2D eigenvalue weighted by Crippen LogP contribution is -2.38. The third kappa shape index (κ3) is 4.86. The maximum Gasteiger partial charge on any atom is 0.265 e. The summed E-state index contributed by atoms with van der Waals surface area (Å²) < 4.78 is 0. The molecule has 0 radical (unpaired) electrons. The summed E-state index contributed by atoms with van der Waals surface area (Å²) in [5, 5.41) is 20.2. The Morgan fingerprint density at radius 1 is 1.10 bits per heavy atom. The van der Waals surface area contributed by atoms with Crippen molar-refractivity contribution in [3.63, 3.8) is 0 Å². The highest BCUT2D eigenvalue weighted by Gasteiger charge is 2.18. The lowest BCUT2D eigenvalue weighted by molar-refractivity contribution is -0.123. The Morgan fingerprint density at radius 3 is 2.72 bits per heavy atom. The predicted molar refractivity (Wildman–Crippen MR) is 111 cm³/mol. The normalized spacial score (nSPS) is 14.5. The van der Waals surface area contributed by atoms with Gasteiger partial charge in [0.05, 0.1) is 10.6 Å². The second-order valence-electron chi connectivity index (χ2n) is 7.02. The number of carbonyl (C=O) groups is 2. The number of carbonyl (C=O) groups excluding carboxylic acids is 2. The van der Waals surface area contributed by atoms with Crippen molar-refractivity contribution >= 4 is 28.8 Å². The van der Waals surface area contributed by atoms with Crippen LogP contribution in [0.3, 0.4) is 0 Å². The van der Waals surface area contributed by atoms with Gasteiger partial charge in [-0.2, -0.15) is 4.80 Å². The molecule has 0 spiro atoms. The average molecular weight is 411 g/mol. The fourth-order valence-corrected chi connectivity index (χ4v) is 4.06. The molecule has 2 amide bonds. The topological polar surface area (TPSA) is 102 Å². The van der Waals surface area contributed by atoms with E-state index in [1.807, 2.05) is 29.6 Å². The van der Waals surface area contributed by atoms with Crippen LogP contribution in [-0.2, 0) is 11.3 Å². The van der Waals surface area contributed by atoms with Crippen molar-refractivity contribution in [2.75, 3.05) is 5.32 Å². The summed E-state index contributed by atoms with van der Waals surface area (Å²) in [7, 11) is 0. The minimum atomic E-state index is -0.188. The van der Waals surface area contributed by atoms with Crippen LogP contribution < -0.4 is 10.6 Å². The first-order chi connectivity index (χ1) is 14.2. The third-order valence-electron chi connectivity index (χ3n) is 4.87. The van der Waals surface area contributed by atoms with Crippen molar-refractivity contribution < 1.29 is 9.59 Å². The van der Waals surface area contributed by atoms with Crippen molar-refractivity contribution in [1.82, 2.24) is 25.5 Å². The molecule has 150 valence electrons. The third-order valence-corrected chi connectivity index (χ3v) is 5.74. The van der Waals surface area contributed by atoms with Crippen molar-refractivity contribution in [2.24, 2.45) is 0 Å². The van der Waals surface area contributed by atoms with Crippen LogP contribution in [0.1, 0.15) is 41.8 Å². The molecule has 0 bridgehead atoms. The summed E-state index contributed by atoms with van der Waals surface area (Å²) in [6.45, 7) is 0.0211. The van der Waals surface area contributed by atoms with Gasteiger partial charge in [0.25, 0.3) is 5.91 Å². The van der Waals surface area contributed by atoms with Gasteiger partial charge in [-0.05, 0) is 41.6 Å². The number of hydrogen-bond donors (Lipinski definition) is 2. The minimum absolute atomic E-state index is 0.0211. The highest BCUT2D eigenvalue weighted by Crippen LogP contribution is 2.25. The van der Waals surface area contributed by atoms with Gasteiger partial charge in [-0.1, -0.05) is 37.5 Å². The standard InChI is InChI=1S/C20H22N6O2S/c27-18(21-14-7-2-1-3-8-14)13-26-24-19(23-25-26)15-9-4-5-10-16(15)22-20(28)17-11-6-12-29-17/h4-6,9-12,14H,1-3,7-8,13H2,(H,21,27)(H,22,28). The van der Waals surface area contributed by atoms with Gasteiger partial charge in [0.1, 0.15) is 6.54 Å². The molecular weight excluding hydrogens is 388 g/mol. The van der Waals surface area contributed by atoms with Crippen LogP contribution in [0, 0.1) is 0 Å². The van der Waals surface area contributed by atoms with Gasteiger partial charge >= 0.3 is 0 Å². The number of rotatable bonds is 6. The largest absolute Gasteiger partial charge is 0.352 e. The Labute approximate surface area is 172 Å². The molecule has 3 aromatic rings. The number of benzene rings is 1. The number of amides is 2. The second-order valence-corrected chi connectivity index (χ2v) is 7.97. The fraction of sp³-hybridized carbons (Fsp3) is 0.350. The number of tetrazole rings is 1. The molecule has 8 nitrogen and oxygen atoms in total. The highest BCUT2D eigenvalue weighted by atomic mass is 32.1. The molecule has 2 aromatic heterocycles. The van der Waals surface area contributed by atoms with Crippen LogP contribution >= 0.6 is 11.3 Å². The van der Waals surface area contributed by atoms with Crippen LogP contribution in [-0.4, -0.2) is 38.1 Å². The summed E-state index contributed by atoms with van der Waals surface area (Å²) in [6, 6.07) is 11.1. The number of anilines is 1. The maximum absolute atomic E-state index is 12.4. The summed E-state index contributed by atoms with van der Waals surface area (Å²) in [5.74, 6) is 0.0596. The van der Waals surface area contributed by atoms with Crippen LogP contribution in [0.25, 0.3) is 11.4 Å². The molecule has 1 fully saturated rings. The second kappa shape index (κ2) is 8.95. The molecular formula is C20H22N6O2S. The number of nitrogens with zero attached hydrogens (tertiary/aromatic N) is 4. The predicted octanol–water partition coefficient (Wildman–Crippen LogP) is 3.10. The van der Waals surface area contributed by atoms with Gasteiger partial charge in [0, 0.05) is 11.6 Å². The molecule has 2 heterocycles. The van der Waals surface area contributed by atoms with Crippen LogP contribution in [0.4, 0.5) is 5.69 Å². The van der Waals surface area contributed by atoms with E-state index in [9.17, 15) is 9.59 Å². The molecule has 1 aliphatic rings. The Morgan fingerprint density at radius 2 is 1.93 bits per heavy atom. The van der Waals surface area contributed by atoms with Crippen molar-refractivity contribution in [3.8, 4) is 11.4 Å². The van der Waals surface area contributed by atoms with E-state index in [1.54, 1.807) is 12.1 Å². The van der Waals surface area contributed by atoms with E-state index in [2.05, 4.69) is 26.0 Å². The minimum Gasteiger partial charge on any atom is -0.352 e. The van der Waals surface area contributed by atoms with E-state index < -0.39 is 0 Å². The molecule has 0 aliphatic heterocycles. The zero-order valence-electron chi connectivity index (χ0n) is 15.9. The molecule has 29 heavy (non-hydrogen) atoms. The lowest BCUT2D eigenvalue weighted by atomic mass is 9.95. The molecule has 0 unspecified atom stereocenters. The van der Waals surface area contributed by atoms with Crippen LogP contribution in [0.15, 0.2) is 41.8 Å². The number of hydrogen-bond acceptors (Lipinski definition) is 6. The van der Waals surface area contributed by atoms with Gasteiger partial charge in [-0.3, -0.25) is 9.59 Å². The first-order valence-corrected chi connectivity index (χ1v) is 10.6. The quantitative estimate of drug-likeness (QED) is 0.650. The summed E-state index contributed by atoms with van der Waals surface area (Å²) in [5.41, 5.74) is 1.24. The van der Waals surface area contributed by atoms with Gasteiger partial charge in [0.2, 0.25) is 11.7 Å². The molecule has 1 saturated carbocycles. The number of aromatic nitrogens is 4. The lowest BCUT2D eigenvalue weighted by Gasteiger charge is -2.22. The zero-order valence-corrected chi connectivity index (χ0v) is 16.7. The van der Waals surface area contributed by atoms with Gasteiger partial charge in [-0.15, -0.1) is 21.5 Å². The van der Waals surface area contributed by atoms with Crippen molar-refractivity contribution in [1.29, 1.82) is 0 Å². The number of para-hydroxylation sites is 1. The summed E-state index contributed by atoms with van der Waals surface area (Å²) >= 11 is 1.37. The first kappa shape index (κ1) is 19.3. The van der Waals surface area contributed by atoms with E-state index in [0.717, 1.165) is 25.7 Å². The summed E-state index contributed by atoms with van der Waals surface area (Å²) in [6.07, 6.45) is 5.61. The first-order valence-electron chi connectivity index (χ1n) is 9.70. The van der Waals surface area contributed by atoms with E-state index in [4.69, 9.17) is 0 Å². The smallest absolute Gasteiger partial charge is 0.265 e. The molecule has 9 heteroatoms. The van der Waals surface area contributed by atoms with E-state index >= 15 is 0 Å². The molecule has 0 atom stereocenters. The number of thiophene rings is 1. The van der Waals surface area contributed by atoms with Gasteiger partial charge in [0.15, 0.2) is 0 Å². The average Bonchev–Trinajstić information content (AvgIpc) is 3.41. The monoisotopic (exact) mass is 410 g/mol. The Hall–Kier alpha value is -3.07. The Bertz CT molecular complexity index is 979. The van der Waals surface area contributed by atoms with Crippen molar-refractivity contribution in [2.45, 2.75) is 44.7 Å². The molecule has 4 rings (SSSR count). The summed E-state index contributed by atoms with van der Waals surface area (Å²) in [4.78, 5) is 26.6. The maximum atomic E-state index is 12.4. The van der Waals surface area contributed by atoms with E-state index in [1.165, 1.54) is 22.6 Å². The van der Waals surface area contributed by atoms with Crippen LogP contribution in [0.2, 0.25) is 0 Å². The SMILES string of the molecule is O=C(Cn1nnc(-c2ccccc2NC(=O)c2cccs2)n1)NC1CCCCC1. The Balaban J connectivity index is 1.44. The highest BCUT2D eigenvalue weighted by molar-refractivity contribution is 7.12. The fourth-order valence-electron chi connectivity index (χ4n) is 3.45. The van der Waals surface area contributed by atoms with Gasteiger partial charge < -0.3 is 10.6 Å². The zero-order chi connectivity index (χ0) is 20.1. The number of nitrogens with one attached hydrogen (secondary N) is 2. The molecule has 1 aliphatic carbocycles. The van der Waals surface area contributed by atoms with Gasteiger partial charge in [-0.25, -0.2) is 0 Å².